The van der Waals surface area contributed by atoms with E-state index >= 15 is 0 Å². The standard InChI is InChI=1S/C15H16ClNO4/c16-9-3-4-10-11(2-1-7-21-12(10)8-9)17-13(18)15(5-6-15)14(19)20/h3-4,8,11H,1-2,5-7H2,(H,17,18)(H,19,20). The summed E-state index contributed by atoms with van der Waals surface area (Å²) in [5.74, 6) is -0.783. The molecule has 0 radical (unpaired) electrons. The first-order valence-electron chi connectivity index (χ1n) is 6.99. The van der Waals surface area contributed by atoms with E-state index in [0.717, 1.165) is 18.4 Å². The van der Waals surface area contributed by atoms with Crippen molar-refractivity contribution in [2.45, 2.75) is 31.7 Å². The molecule has 1 atom stereocenters. The number of benzene rings is 1. The van der Waals surface area contributed by atoms with Gasteiger partial charge < -0.3 is 15.2 Å². The average molecular weight is 310 g/mol. The molecule has 1 aromatic carbocycles. The average Bonchev–Trinajstić information content (AvgIpc) is 3.24. The first-order valence-corrected chi connectivity index (χ1v) is 7.37. The summed E-state index contributed by atoms with van der Waals surface area (Å²) in [5, 5.41) is 12.6. The smallest absolute Gasteiger partial charge is 0.319 e. The third kappa shape index (κ3) is 2.58. The van der Waals surface area contributed by atoms with Gasteiger partial charge in [-0.1, -0.05) is 17.7 Å². The number of carbonyl (C=O) groups excluding carboxylic acids is 1. The number of hydrogen-bond donors (Lipinski definition) is 2. The van der Waals surface area contributed by atoms with Crippen LogP contribution < -0.4 is 10.1 Å². The van der Waals surface area contributed by atoms with Crippen molar-refractivity contribution in [2.75, 3.05) is 6.61 Å². The van der Waals surface area contributed by atoms with Crippen molar-refractivity contribution in [3.63, 3.8) is 0 Å². The van der Waals surface area contributed by atoms with E-state index in [1.165, 1.54) is 0 Å². The Hall–Kier alpha value is -1.75. The molecule has 2 aliphatic rings. The normalized spacial score (nSPS) is 22.4. The van der Waals surface area contributed by atoms with Gasteiger partial charge in [0.05, 0.1) is 12.6 Å². The van der Waals surface area contributed by atoms with Crippen molar-refractivity contribution in [3.05, 3.63) is 28.8 Å². The molecule has 0 bridgehead atoms. The summed E-state index contributed by atoms with van der Waals surface area (Å²) in [6.45, 7) is 0.559. The van der Waals surface area contributed by atoms with Gasteiger partial charge >= 0.3 is 5.97 Å². The van der Waals surface area contributed by atoms with Gasteiger partial charge in [-0.05, 0) is 37.8 Å². The van der Waals surface area contributed by atoms with Crippen LogP contribution in [-0.4, -0.2) is 23.6 Å². The summed E-state index contributed by atoms with van der Waals surface area (Å²) in [5.41, 5.74) is -0.369. The maximum atomic E-state index is 12.3. The number of carbonyl (C=O) groups is 2. The Labute approximate surface area is 127 Å². The topological polar surface area (TPSA) is 75.6 Å². The number of nitrogens with one attached hydrogen (secondary N) is 1. The second-order valence-corrected chi connectivity index (χ2v) is 6.02. The van der Waals surface area contributed by atoms with Crippen molar-refractivity contribution in [1.29, 1.82) is 0 Å². The zero-order valence-electron chi connectivity index (χ0n) is 11.4. The highest BCUT2D eigenvalue weighted by Gasteiger charge is 2.57. The Morgan fingerprint density at radius 3 is 2.81 bits per heavy atom. The van der Waals surface area contributed by atoms with Crippen LogP contribution in [0.25, 0.3) is 0 Å². The Balaban J connectivity index is 1.83. The van der Waals surface area contributed by atoms with Gasteiger partial charge in [0.1, 0.15) is 11.2 Å². The van der Waals surface area contributed by atoms with E-state index in [0.29, 0.717) is 30.2 Å². The predicted molar refractivity (Wildman–Crippen MR) is 76.4 cm³/mol. The van der Waals surface area contributed by atoms with Gasteiger partial charge in [0, 0.05) is 10.6 Å². The van der Waals surface area contributed by atoms with E-state index in [1.54, 1.807) is 12.1 Å². The van der Waals surface area contributed by atoms with Gasteiger partial charge in [0.15, 0.2) is 0 Å². The highest BCUT2D eigenvalue weighted by atomic mass is 35.5. The van der Waals surface area contributed by atoms with E-state index < -0.39 is 17.3 Å². The van der Waals surface area contributed by atoms with E-state index in [4.69, 9.17) is 16.3 Å². The first-order chi connectivity index (χ1) is 10.0. The van der Waals surface area contributed by atoms with Crippen molar-refractivity contribution >= 4 is 23.5 Å². The van der Waals surface area contributed by atoms with Crippen LogP contribution in [0.1, 0.15) is 37.3 Å². The van der Waals surface area contributed by atoms with Gasteiger partial charge in [-0.3, -0.25) is 9.59 Å². The minimum absolute atomic E-state index is 0.232. The molecule has 0 saturated heterocycles. The zero-order valence-corrected chi connectivity index (χ0v) is 12.2. The summed E-state index contributed by atoms with van der Waals surface area (Å²) in [4.78, 5) is 23.5. The number of rotatable bonds is 3. The van der Waals surface area contributed by atoms with Crippen LogP contribution in [0.4, 0.5) is 0 Å². The van der Waals surface area contributed by atoms with Crippen molar-refractivity contribution in [2.24, 2.45) is 5.41 Å². The highest BCUT2D eigenvalue weighted by molar-refractivity contribution is 6.30. The molecule has 3 rings (SSSR count). The van der Waals surface area contributed by atoms with Crippen LogP contribution in [0.2, 0.25) is 5.02 Å². The van der Waals surface area contributed by atoms with Crippen molar-refractivity contribution < 1.29 is 19.4 Å². The van der Waals surface area contributed by atoms with E-state index in [2.05, 4.69) is 5.32 Å². The van der Waals surface area contributed by atoms with E-state index in [-0.39, 0.29) is 6.04 Å². The fourth-order valence-corrected chi connectivity index (χ4v) is 2.82. The molecule has 1 aliphatic carbocycles. The van der Waals surface area contributed by atoms with Crippen LogP contribution in [0.5, 0.6) is 5.75 Å². The third-order valence-corrected chi connectivity index (χ3v) is 4.38. The number of ether oxygens (including phenoxy) is 1. The quantitative estimate of drug-likeness (QED) is 0.841. The molecule has 2 N–H and O–H groups in total. The fourth-order valence-electron chi connectivity index (χ4n) is 2.66. The maximum absolute atomic E-state index is 12.3. The van der Waals surface area contributed by atoms with Gasteiger partial charge in [-0.25, -0.2) is 0 Å². The molecule has 0 spiro atoms. The molecule has 0 aromatic heterocycles. The minimum Gasteiger partial charge on any atom is -0.493 e. The molecule has 5 nitrogen and oxygen atoms in total. The highest BCUT2D eigenvalue weighted by Crippen LogP contribution is 2.47. The second kappa shape index (κ2) is 5.22. The Kier molecular flexibility index (Phi) is 3.53. The number of halogens is 1. The predicted octanol–water partition coefficient (Wildman–Crippen LogP) is 2.53. The van der Waals surface area contributed by atoms with Gasteiger partial charge in [0.25, 0.3) is 0 Å². The largest absolute Gasteiger partial charge is 0.493 e. The summed E-state index contributed by atoms with van der Waals surface area (Å²) < 4.78 is 5.64. The molecule has 1 heterocycles. The fraction of sp³-hybridized carbons (Fsp3) is 0.467. The second-order valence-electron chi connectivity index (χ2n) is 5.59. The third-order valence-electron chi connectivity index (χ3n) is 4.15. The molecule has 112 valence electrons. The Bertz CT molecular complexity index is 597. The first kappa shape index (κ1) is 14.2. The zero-order chi connectivity index (χ0) is 15.0. The molecule has 1 aromatic rings. The van der Waals surface area contributed by atoms with Gasteiger partial charge in [-0.15, -0.1) is 0 Å². The summed E-state index contributed by atoms with van der Waals surface area (Å²) >= 11 is 5.96. The Morgan fingerprint density at radius 2 is 2.14 bits per heavy atom. The molecule has 1 saturated carbocycles. The molecular weight excluding hydrogens is 294 g/mol. The number of carboxylic acids is 1. The minimum atomic E-state index is -1.22. The molecule has 1 amide bonds. The van der Waals surface area contributed by atoms with Crippen LogP contribution in [0, 0.1) is 5.41 Å². The maximum Gasteiger partial charge on any atom is 0.319 e. The molecular formula is C15H16ClNO4. The Morgan fingerprint density at radius 1 is 1.38 bits per heavy atom. The molecule has 6 heteroatoms. The van der Waals surface area contributed by atoms with Crippen LogP contribution in [0.3, 0.4) is 0 Å². The van der Waals surface area contributed by atoms with E-state index in [1.807, 2.05) is 6.07 Å². The molecule has 1 aliphatic heterocycles. The monoisotopic (exact) mass is 309 g/mol. The number of amides is 1. The van der Waals surface area contributed by atoms with Crippen LogP contribution in [0.15, 0.2) is 18.2 Å². The number of fused-ring (bicyclic) bond motifs is 1. The lowest BCUT2D eigenvalue weighted by molar-refractivity contribution is -0.149. The van der Waals surface area contributed by atoms with Crippen molar-refractivity contribution in [3.8, 4) is 5.75 Å². The SMILES string of the molecule is O=C(O)C1(C(=O)NC2CCCOc3cc(Cl)ccc32)CC1. The summed E-state index contributed by atoms with van der Waals surface area (Å²) in [6, 6.07) is 5.07. The van der Waals surface area contributed by atoms with Gasteiger partial charge in [-0.2, -0.15) is 0 Å². The number of hydrogen-bond acceptors (Lipinski definition) is 3. The lowest BCUT2D eigenvalue weighted by Gasteiger charge is -2.20. The van der Waals surface area contributed by atoms with Crippen molar-refractivity contribution in [1.82, 2.24) is 5.32 Å². The van der Waals surface area contributed by atoms with Crippen LogP contribution >= 0.6 is 11.6 Å². The van der Waals surface area contributed by atoms with Crippen LogP contribution in [-0.2, 0) is 9.59 Å². The summed E-state index contributed by atoms with van der Waals surface area (Å²) in [6.07, 6.45) is 2.32. The molecule has 1 unspecified atom stereocenters. The molecule has 21 heavy (non-hydrogen) atoms. The summed E-state index contributed by atoms with van der Waals surface area (Å²) in [7, 11) is 0. The van der Waals surface area contributed by atoms with E-state index in [9.17, 15) is 14.7 Å². The number of carboxylic acid groups (broad SMARTS) is 1. The lowest BCUT2D eigenvalue weighted by atomic mass is 9.99. The molecule has 1 fully saturated rings. The van der Waals surface area contributed by atoms with Gasteiger partial charge in [0.2, 0.25) is 5.91 Å². The lowest BCUT2D eigenvalue weighted by Crippen LogP contribution is -2.39. The number of aliphatic carboxylic acids is 1.